The summed E-state index contributed by atoms with van der Waals surface area (Å²) in [5.74, 6) is 0.252. The predicted octanol–water partition coefficient (Wildman–Crippen LogP) is 3.08. The average molecular weight is 209 g/mol. The third kappa shape index (κ3) is 1.65. The van der Waals surface area contributed by atoms with Crippen LogP contribution in [0, 0.1) is 12.7 Å². The van der Waals surface area contributed by atoms with E-state index in [0.29, 0.717) is 16.5 Å². The van der Waals surface area contributed by atoms with Crippen LogP contribution in [0.2, 0.25) is 0 Å². The molecule has 0 amide bonds. The molecule has 4 heteroatoms. The van der Waals surface area contributed by atoms with E-state index in [1.54, 1.807) is 19.1 Å². The van der Waals surface area contributed by atoms with Gasteiger partial charge in [-0.2, -0.15) is 0 Å². The monoisotopic (exact) mass is 209 g/mol. The van der Waals surface area contributed by atoms with Crippen LogP contribution in [-0.2, 0) is 0 Å². The molecule has 0 N–H and O–H groups in total. The number of rotatable bonds is 1. The highest BCUT2D eigenvalue weighted by molar-refractivity contribution is 7.80. The van der Waals surface area contributed by atoms with Crippen molar-refractivity contribution in [2.24, 2.45) is 0 Å². The Balaban J connectivity index is 2.47. The lowest BCUT2D eigenvalue weighted by Gasteiger charge is -1.98. The summed E-state index contributed by atoms with van der Waals surface area (Å²) in [5, 5.41) is 0. The first-order chi connectivity index (χ1) is 6.66. The van der Waals surface area contributed by atoms with Crippen molar-refractivity contribution in [1.29, 1.82) is 0 Å². The van der Waals surface area contributed by atoms with E-state index in [1.165, 1.54) is 12.3 Å². The van der Waals surface area contributed by atoms with Crippen molar-refractivity contribution in [3.63, 3.8) is 0 Å². The lowest BCUT2D eigenvalue weighted by atomic mass is 10.2. The van der Waals surface area contributed by atoms with Crippen LogP contribution in [-0.4, -0.2) is 4.98 Å². The molecular weight excluding hydrogens is 201 g/mol. The highest BCUT2D eigenvalue weighted by Crippen LogP contribution is 2.23. The third-order valence-corrected chi connectivity index (χ3v) is 2.20. The van der Waals surface area contributed by atoms with E-state index in [9.17, 15) is 4.39 Å². The van der Waals surface area contributed by atoms with Gasteiger partial charge in [-0.25, -0.2) is 9.37 Å². The molecule has 0 aliphatic carbocycles. The molecule has 0 aliphatic heterocycles. The molecule has 72 valence electrons. The Morgan fingerprint density at radius 2 is 2.21 bits per heavy atom. The van der Waals surface area contributed by atoms with Gasteiger partial charge in [0.2, 0.25) is 0 Å². The zero-order valence-electron chi connectivity index (χ0n) is 7.49. The maximum atomic E-state index is 12.9. The molecule has 2 nitrogen and oxygen atoms in total. The summed E-state index contributed by atoms with van der Waals surface area (Å²) in [5.41, 5.74) is 1.49. The second-order valence-electron chi connectivity index (χ2n) is 2.92. The SMILES string of the molecule is Cc1nc(-c2ccc(F)c(S)c2)co1. The summed E-state index contributed by atoms with van der Waals surface area (Å²) in [6.45, 7) is 1.76. The van der Waals surface area contributed by atoms with Crippen LogP contribution in [0.1, 0.15) is 5.89 Å². The van der Waals surface area contributed by atoms with Crippen LogP contribution in [0.3, 0.4) is 0 Å². The highest BCUT2D eigenvalue weighted by atomic mass is 32.1. The Labute approximate surface area is 86.2 Å². The van der Waals surface area contributed by atoms with Gasteiger partial charge < -0.3 is 4.42 Å². The van der Waals surface area contributed by atoms with Crippen molar-refractivity contribution in [3.8, 4) is 11.3 Å². The van der Waals surface area contributed by atoms with Crippen molar-refractivity contribution < 1.29 is 8.81 Å². The van der Waals surface area contributed by atoms with Crippen LogP contribution in [0.15, 0.2) is 33.8 Å². The molecule has 0 saturated heterocycles. The van der Waals surface area contributed by atoms with Crippen LogP contribution in [0.5, 0.6) is 0 Å². The van der Waals surface area contributed by atoms with E-state index >= 15 is 0 Å². The quantitative estimate of drug-likeness (QED) is 0.730. The first kappa shape index (κ1) is 9.27. The van der Waals surface area contributed by atoms with Gasteiger partial charge in [-0.1, -0.05) is 0 Å². The second kappa shape index (κ2) is 3.46. The molecule has 0 aliphatic rings. The zero-order valence-corrected chi connectivity index (χ0v) is 8.38. The van der Waals surface area contributed by atoms with Crippen molar-refractivity contribution in [2.75, 3.05) is 0 Å². The van der Waals surface area contributed by atoms with E-state index in [0.717, 1.165) is 5.56 Å². The minimum Gasteiger partial charge on any atom is -0.449 e. The molecule has 14 heavy (non-hydrogen) atoms. The van der Waals surface area contributed by atoms with Crippen LogP contribution >= 0.6 is 12.6 Å². The van der Waals surface area contributed by atoms with Gasteiger partial charge in [-0.15, -0.1) is 12.6 Å². The van der Waals surface area contributed by atoms with E-state index < -0.39 is 0 Å². The van der Waals surface area contributed by atoms with Crippen molar-refractivity contribution in [3.05, 3.63) is 36.2 Å². The number of hydrogen-bond acceptors (Lipinski definition) is 3. The first-order valence-electron chi connectivity index (χ1n) is 4.08. The van der Waals surface area contributed by atoms with Crippen LogP contribution in [0.4, 0.5) is 4.39 Å². The average Bonchev–Trinajstić information content (AvgIpc) is 2.57. The number of nitrogens with zero attached hydrogens (tertiary/aromatic N) is 1. The molecule has 2 rings (SSSR count). The van der Waals surface area contributed by atoms with Gasteiger partial charge in [0.25, 0.3) is 0 Å². The first-order valence-corrected chi connectivity index (χ1v) is 4.52. The maximum Gasteiger partial charge on any atom is 0.191 e. The van der Waals surface area contributed by atoms with Crippen molar-refractivity contribution >= 4 is 12.6 Å². The molecule has 0 unspecified atom stereocenters. The van der Waals surface area contributed by atoms with E-state index in [2.05, 4.69) is 17.6 Å². The summed E-state index contributed by atoms with van der Waals surface area (Å²) >= 11 is 3.99. The molecule has 2 aromatic rings. The van der Waals surface area contributed by atoms with Gasteiger partial charge in [0, 0.05) is 17.4 Å². The topological polar surface area (TPSA) is 26.0 Å². The molecule has 1 aromatic carbocycles. The van der Waals surface area contributed by atoms with Crippen molar-refractivity contribution in [2.45, 2.75) is 11.8 Å². The smallest absolute Gasteiger partial charge is 0.191 e. The van der Waals surface area contributed by atoms with Gasteiger partial charge >= 0.3 is 0 Å². The van der Waals surface area contributed by atoms with Gasteiger partial charge in [-0.3, -0.25) is 0 Å². The number of aromatic nitrogens is 1. The van der Waals surface area contributed by atoms with Crippen LogP contribution in [0.25, 0.3) is 11.3 Å². The van der Waals surface area contributed by atoms with Gasteiger partial charge in [-0.05, 0) is 18.2 Å². The van der Waals surface area contributed by atoms with E-state index in [4.69, 9.17) is 4.42 Å². The van der Waals surface area contributed by atoms with Crippen molar-refractivity contribution in [1.82, 2.24) is 4.98 Å². The lowest BCUT2D eigenvalue weighted by molar-refractivity contribution is 0.521. The molecule has 0 saturated carbocycles. The summed E-state index contributed by atoms with van der Waals surface area (Å²) < 4.78 is 18.0. The van der Waals surface area contributed by atoms with Gasteiger partial charge in [0.15, 0.2) is 5.89 Å². The molecule has 0 spiro atoms. The second-order valence-corrected chi connectivity index (χ2v) is 3.40. The summed E-state index contributed by atoms with van der Waals surface area (Å²) in [7, 11) is 0. The number of benzene rings is 1. The molecular formula is C10H8FNOS. The fourth-order valence-corrected chi connectivity index (χ4v) is 1.38. The number of halogens is 1. The standard InChI is InChI=1S/C10H8FNOS/c1-6-12-9(5-13-6)7-2-3-8(11)10(14)4-7/h2-5,14H,1H3. The summed E-state index contributed by atoms with van der Waals surface area (Å²) in [6.07, 6.45) is 1.54. The Bertz CT molecular complexity index is 467. The minimum atomic E-state index is -0.336. The Hall–Kier alpha value is -1.29. The largest absolute Gasteiger partial charge is 0.449 e. The Morgan fingerprint density at radius 3 is 2.79 bits per heavy atom. The zero-order chi connectivity index (χ0) is 10.1. The Morgan fingerprint density at radius 1 is 1.43 bits per heavy atom. The lowest BCUT2D eigenvalue weighted by Crippen LogP contribution is -1.82. The highest BCUT2D eigenvalue weighted by Gasteiger charge is 2.05. The molecule has 1 heterocycles. The fourth-order valence-electron chi connectivity index (χ4n) is 1.17. The normalized spacial score (nSPS) is 10.5. The summed E-state index contributed by atoms with van der Waals surface area (Å²) in [6, 6.07) is 4.63. The molecule has 0 atom stereocenters. The van der Waals surface area contributed by atoms with Crippen LogP contribution < -0.4 is 0 Å². The maximum absolute atomic E-state index is 12.9. The van der Waals surface area contributed by atoms with E-state index in [1.807, 2.05) is 0 Å². The van der Waals surface area contributed by atoms with Gasteiger partial charge in [0.1, 0.15) is 17.8 Å². The number of hydrogen-bond donors (Lipinski definition) is 1. The van der Waals surface area contributed by atoms with E-state index in [-0.39, 0.29) is 5.82 Å². The number of aryl methyl sites for hydroxylation is 1. The minimum absolute atomic E-state index is 0.308. The van der Waals surface area contributed by atoms with Gasteiger partial charge in [0.05, 0.1) is 0 Å². The third-order valence-electron chi connectivity index (χ3n) is 1.86. The molecule has 0 bridgehead atoms. The molecule has 0 fully saturated rings. The number of oxazole rings is 1. The fraction of sp³-hybridized carbons (Fsp3) is 0.100. The Kier molecular flexibility index (Phi) is 2.29. The number of thiol groups is 1. The molecule has 1 aromatic heterocycles. The molecule has 0 radical (unpaired) electrons. The predicted molar refractivity (Wildman–Crippen MR) is 53.9 cm³/mol. The summed E-state index contributed by atoms with van der Waals surface area (Å²) in [4.78, 5) is 4.44.